The zero-order valence-corrected chi connectivity index (χ0v) is 11.3. The van der Waals surface area contributed by atoms with Crippen LogP contribution in [0.2, 0.25) is 5.02 Å². The molecule has 0 radical (unpaired) electrons. The smallest absolute Gasteiger partial charge is 0.137 e. The molecule has 0 spiro atoms. The van der Waals surface area contributed by atoms with Gasteiger partial charge in [0.25, 0.3) is 0 Å². The quantitative estimate of drug-likeness (QED) is 0.881. The van der Waals surface area contributed by atoms with E-state index in [1.54, 1.807) is 7.11 Å². The molecule has 1 aromatic rings. The van der Waals surface area contributed by atoms with E-state index in [0.717, 1.165) is 11.7 Å². The third-order valence-corrected chi connectivity index (χ3v) is 4.01. The van der Waals surface area contributed by atoms with Crippen LogP contribution >= 0.6 is 11.6 Å². The third kappa shape index (κ3) is 2.75. The molecule has 0 heterocycles. The Labute approximate surface area is 108 Å². The molecule has 1 saturated carbocycles. The Morgan fingerprint density at radius 3 is 2.59 bits per heavy atom. The maximum atomic E-state index is 6.18. The van der Waals surface area contributed by atoms with Crippen LogP contribution in [0.4, 0.5) is 0 Å². The van der Waals surface area contributed by atoms with Crippen LogP contribution in [0.3, 0.4) is 0 Å². The molecule has 1 fully saturated rings. The maximum Gasteiger partial charge on any atom is 0.137 e. The summed E-state index contributed by atoms with van der Waals surface area (Å²) in [7, 11) is 3.68. The average molecular weight is 254 g/mol. The van der Waals surface area contributed by atoms with Gasteiger partial charge in [0, 0.05) is 6.04 Å². The van der Waals surface area contributed by atoms with Crippen molar-refractivity contribution in [3.8, 4) is 5.75 Å². The van der Waals surface area contributed by atoms with Gasteiger partial charge in [0.05, 0.1) is 12.1 Å². The summed E-state index contributed by atoms with van der Waals surface area (Å²) in [5, 5.41) is 4.12. The lowest BCUT2D eigenvalue weighted by Gasteiger charge is -2.23. The molecular weight excluding hydrogens is 234 g/mol. The lowest BCUT2D eigenvalue weighted by atomic mass is 9.92. The van der Waals surface area contributed by atoms with E-state index in [9.17, 15) is 0 Å². The number of rotatable bonds is 4. The number of methoxy groups -OCH3 is 1. The minimum absolute atomic E-state index is 0.418. The van der Waals surface area contributed by atoms with Crippen molar-refractivity contribution in [3.63, 3.8) is 0 Å². The molecule has 2 nitrogen and oxygen atoms in total. The first-order chi connectivity index (χ1) is 8.26. The summed E-state index contributed by atoms with van der Waals surface area (Å²) in [4.78, 5) is 0. The van der Waals surface area contributed by atoms with Crippen molar-refractivity contribution >= 4 is 11.6 Å². The van der Waals surface area contributed by atoms with Crippen molar-refractivity contribution in [1.29, 1.82) is 0 Å². The van der Waals surface area contributed by atoms with E-state index in [2.05, 4.69) is 11.4 Å². The second kappa shape index (κ2) is 5.74. The first kappa shape index (κ1) is 12.7. The van der Waals surface area contributed by atoms with Gasteiger partial charge in [-0.15, -0.1) is 0 Å². The summed E-state index contributed by atoms with van der Waals surface area (Å²) < 4.78 is 5.19. The lowest BCUT2D eigenvalue weighted by molar-refractivity contribution is 0.388. The SMILES string of the molecule is CNC(c1ccc(OC)c(Cl)c1)C1CCCC1. The number of halogens is 1. The highest BCUT2D eigenvalue weighted by Gasteiger charge is 2.25. The number of nitrogens with one attached hydrogen (secondary N) is 1. The van der Waals surface area contributed by atoms with Crippen molar-refractivity contribution in [3.05, 3.63) is 28.8 Å². The van der Waals surface area contributed by atoms with Crippen molar-refractivity contribution in [2.75, 3.05) is 14.2 Å². The minimum Gasteiger partial charge on any atom is -0.495 e. The van der Waals surface area contributed by atoms with Gasteiger partial charge in [-0.3, -0.25) is 0 Å². The van der Waals surface area contributed by atoms with Gasteiger partial charge in [0.1, 0.15) is 5.75 Å². The molecule has 1 unspecified atom stereocenters. The molecule has 2 rings (SSSR count). The molecular formula is C14H20ClNO. The van der Waals surface area contributed by atoms with Gasteiger partial charge in [-0.2, -0.15) is 0 Å². The fourth-order valence-corrected chi connectivity index (χ4v) is 3.11. The van der Waals surface area contributed by atoms with Gasteiger partial charge >= 0.3 is 0 Å². The van der Waals surface area contributed by atoms with E-state index >= 15 is 0 Å². The van der Waals surface area contributed by atoms with Crippen molar-refractivity contribution in [2.45, 2.75) is 31.7 Å². The van der Waals surface area contributed by atoms with E-state index in [4.69, 9.17) is 16.3 Å². The second-order valence-corrected chi connectivity index (χ2v) is 5.11. The topological polar surface area (TPSA) is 21.3 Å². The molecule has 0 saturated heterocycles. The zero-order valence-electron chi connectivity index (χ0n) is 10.5. The summed E-state index contributed by atoms with van der Waals surface area (Å²) in [6.07, 6.45) is 5.34. The van der Waals surface area contributed by atoms with E-state index in [-0.39, 0.29) is 0 Å². The third-order valence-electron chi connectivity index (χ3n) is 3.72. The molecule has 1 aliphatic carbocycles. The molecule has 1 aliphatic rings. The lowest BCUT2D eigenvalue weighted by Crippen LogP contribution is -2.23. The maximum absolute atomic E-state index is 6.18. The summed E-state index contributed by atoms with van der Waals surface area (Å²) in [6, 6.07) is 6.52. The summed E-state index contributed by atoms with van der Waals surface area (Å²) in [5.74, 6) is 1.49. The highest BCUT2D eigenvalue weighted by molar-refractivity contribution is 6.32. The van der Waals surface area contributed by atoms with Crippen molar-refractivity contribution < 1.29 is 4.74 Å². The number of hydrogen-bond donors (Lipinski definition) is 1. The average Bonchev–Trinajstić information content (AvgIpc) is 2.84. The number of hydrogen-bond acceptors (Lipinski definition) is 2. The van der Waals surface area contributed by atoms with Gasteiger partial charge in [-0.25, -0.2) is 0 Å². The fourth-order valence-electron chi connectivity index (χ4n) is 2.84. The van der Waals surface area contributed by atoms with Crippen LogP contribution in [0.5, 0.6) is 5.75 Å². The molecule has 0 aliphatic heterocycles. The Kier molecular flexibility index (Phi) is 4.30. The van der Waals surface area contributed by atoms with E-state index in [0.29, 0.717) is 11.1 Å². The Balaban J connectivity index is 2.21. The van der Waals surface area contributed by atoms with E-state index in [1.165, 1.54) is 31.2 Å². The standard InChI is InChI=1S/C14H20ClNO/c1-16-14(10-5-3-4-6-10)11-7-8-13(17-2)12(15)9-11/h7-10,14,16H,3-6H2,1-2H3. The van der Waals surface area contributed by atoms with Gasteiger partial charge < -0.3 is 10.1 Å². The largest absolute Gasteiger partial charge is 0.495 e. The molecule has 1 N–H and O–H groups in total. The monoisotopic (exact) mass is 253 g/mol. The van der Waals surface area contributed by atoms with Crippen LogP contribution in [0.25, 0.3) is 0 Å². The number of ether oxygens (including phenoxy) is 1. The fraction of sp³-hybridized carbons (Fsp3) is 0.571. The molecule has 0 bridgehead atoms. The first-order valence-corrected chi connectivity index (χ1v) is 6.64. The van der Waals surface area contributed by atoms with Gasteiger partial charge in [0.15, 0.2) is 0 Å². The van der Waals surface area contributed by atoms with Crippen LogP contribution in [-0.4, -0.2) is 14.2 Å². The molecule has 1 atom stereocenters. The summed E-state index contributed by atoms with van der Waals surface area (Å²) in [5.41, 5.74) is 1.27. The second-order valence-electron chi connectivity index (χ2n) is 4.70. The molecule has 1 aromatic carbocycles. The van der Waals surface area contributed by atoms with Crippen LogP contribution in [0, 0.1) is 5.92 Å². The molecule has 0 aromatic heterocycles. The Bertz CT molecular complexity index is 374. The minimum atomic E-state index is 0.418. The summed E-state index contributed by atoms with van der Waals surface area (Å²) >= 11 is 6.18. The van der Waals surface area contributed by atoms with Gasteiger partial charge in [-0.1, -0.05) is 30.5 Å². The van der Waals surface area contributed by atoms with E-state index < -0.39 is 0 Å². The first-order valence-electron chi connectivity index (χ1n) is 6.27. The Hall–Kier alpha value is -0.730. The molecule has 94 valence electrons. The molecule has 3 heteroatoms. The van der Waals surface area contributed by atoms with Crippen LogP contribution in [0.15, 0.2) is 18.2 Å². The van der Waals surface area contributed by atoms with Crippen molar-refractivity contribution in [1.82, 2.24) is 5.32 Å². The van der Waals surface area contributed by atoms with Gasteiger partial charge in [0.2, 0.25) is 0 Å². The normalized spacial score (nSPS) is 18.3. The van der Waals surface area contributed by atoms with Crippen molar-refractivity contribution in [2.24, 2.45) is 5.92 Å². The van der Waals surface area contributed by atoms with Crippen LogP contribution in [0.1, 0.15) is 37.3 Å². The Morgan fingerprint density at radius 1 is 1.35 bits per heavy atom. The van der Waals surface area contributed by atoms with Crippen LogP contribution in [-0.2, 0) is 0 Å². The van der Waals surface area contributed by atoms with Crippen LogP contribution < -0.4 is 10.1 Å². The predicted molar refractivity (Wildman–Crippen MR) is 71.8 cm³/mol. The summed E-state index contributed by atoms with van der Waals surface area (Å²) in [6.45, 7) is 0. The van der Waals surface area contributed by atoms with E-state index in [1.807, 2.05) is 19.2 Å². The molecule has 17 heavy (non-hydrogen) atoms. The molecule has 0 amide bonds. The highest BCUT2D eigenvalue weighted by atomic mass is 35.5. The highest BCUT2D eigenvalue weighted by Crippen LogP contribution is 2.37. The zero-order chi connectivity index (χ0) is 12.3. The number of benzene rings is 1. The van der Waals surface area contributed by atoms with Gasteiger partial charge in [-0.05, 0) is 43.5 Å². The Morgan fingerprint density at radius 2 is 2.06 bits per heavy atom. The predicted octanol–water partition coefficient (Wildman–Crippen LogP) is 3.80.